The van der Waals surface area contributed by atoms with Crippen LogP contribution in [-0.4, -0.2) is 44.6 Å². The lowest BCUT2D eigenvalue weighted by atomic mass is 10.0. The number of aromatic nitrogens is 1. The lowest BCUT2D eigenvalue weighted by Gasteiger charge is -2.31. The van der Waals surface area contributed by atoms with Crippen LogP contribution in [0.5, 0.6) is 5.75 Å². The van der Waals surface area contributed by atoms with E-state index in [0.29, 0.717) is 12.2 Å². The van der Waals surface area contributed by atoms with Gasteiger partial charge in [-0.3, -0.25) is 4.79 Å². The van der Waals surface area contributed by atoms with Gasteiger partial charge in [0.2, 0.25) is 15.9 Å². The summed E-state index contributed by atoms with van der Waals surface area (Å²) < 4.78 is 37.8. The van der Waals surface area contributed by atoms with Gasteiger partial charge in [0, 0.05) is 19.5 Å². The average molecular weight is 436 g/mol. The van der Waals surface area contributed by atoms with Crippen molar-refractivity contribution in [1.29, 1.82) is 0 Å². The highest BCUT2D eigenvalue weighted by Gasteiger charge is 2.28. The minimum Gasteiger partial charge on any atom is -0.497 e. The number of methoxy groups -OCH3 is 1. The monoisotopic (exact) mass is 435 g/mol. The van der Waals surface area contributed by atoms with Crippen LogP contribution in [0.4, 0.5) is 0 Å². The normalized spacial score (nSPS) is 17.6. The first-order valence-electron chi connectivity index (χ1n) is 10.2. The maximum atomic E-state index is 13.0. The fraction of sp³-hybridized carbons (Fsp3) is 0.524. The van der Waals surface area contributed by atoms with Crippen molar-refractivity contribution in [2.24, 2.45) is 0 Å². The number of hydrogen-bond donors (Lipinski definition) is 1. The van der Waals surface area contributed by atoms with Gasteiger partial charge in [0.1, 0.15) is 16.3 Å². The van der Waals surface area contributed by atoms with Crippen LogP contribution in [0.2, 0.25) is 0 Å². The number of aryl methyl sites for hydroxylation is 2. The van der Waals surface area contributed by atoms with Gasteiger partial charge in [0.05, 0.1) is 13.2 Å². The number of sulfonamides is 1. The molecule has 8 nitrogen and oxygen atoms in total. The second-order valence-electron chi connectivity index (χ2n) is 7.53. The van der Waals surface area contributed by atoms with E-state index in [2.05, 4.69) is 9.88 Å². The number of hydrogen-bond acceptors (Lipinski definition) is 6. The van der Waals surface area contributed by atoms with E-state index >= 15 is 0 Å². The zero-order valence-corrected chi connectivity index (χ0v) is 18.5. The summed E-state index contributed by atoms with van der Waals surface area (Å²) in [5, 5.41) is 3.69. The molecule has 1 aliphatic heterocycles. The standard InChI is InChI=1S/C21H29N3O5S/c1-15-21(16(2)29-23-15)30(26,27)22-13-12-20(25)24-14-6-4-5-7-19(24)17-8-10-18(28-3)11-9-17/h8-11,19,22H,4-7,12-14H2,1-3H3. The van der Waals surface area contributed by atoms with E-state index < -0.39 is 10.0 Å². The highest BCUT2D eigenvalue weighted by atomic mass is 32.2. The molecule has 9 heteroatoms. The third-order valence-electron chi connectivity index (χ3n) is 5.44. The Morgan fingerprint density at radius 1 is 1.23 bits per heavy atom. The zero-order chi connectivity index (χ0) is 21.7. The van der Waals surface area contributed by atoms with Crippen LogP contribution in [-0.2, 0) is 14.8 Å². The first-order valence-corrected chi connectivity index (χ1v) is 11.7. The van der Waals surface area contributed by atoms with Crippen LogP contribution in [0, 0.1) is 13.8 Å². The van der Waals surface area contributed by atoms with Gasteiger partial charge in [0.25, 0.3) is 0 Å². The molecule has 3 rings (SSSR count). The average Bonchev–Trinajstić information content (AvgIpc) is 2.93. The molecule has 1 fully saturated rings. The van der Waals surface area contributed by atoms with Crippen LogP contribution in [0.3, 0.4) is 0 Å². The van der Waals surface area contributed by atoms with E-state index in [4.69, 9.17) is 9.26 Å². The third kappa shape index (κ3) is 5.02. The Balaban J connectivity index is 1.67. The Hall–Kier alpha value is -2.39. The highest BCUT2D eigenvalue weighted by Crippen LogP contribution is 2.31. The summed E-state index contributed by atoms with van der Waals surface area (Å²) in [5.41, 5.74) is 1.38. The molecular formula is C21H29N3O5S. The molecule has 1 saturated heterocycles. The Morgan fingerprint density at radius 2 is 1.97 bits per heavy atom. The molecule has 1 atom stereocenters. The Morgan fingerprint density at radius 3 is 2.60 bits per heavy atom. The summed E-state index contributed by atoms with van der Waals surface area (Å²) in [6.07, 6.45) is 4.07. The molecule has 1 amide bonds. The number of likely N-dealkylation sites (tertiary alicyclic amines) is 1. The first kappa shape index (κ1) is 22.3. The lowest BCUT2D eigenvalue weighted by molar-refractivity contribution is -0.133. The quantitative estimate of drug-likeness (QED) is 0.717. The number of nitrogens with zero attached hydrogens (tertiary/aromatic N) is 2. The van der Waals surface area contributed by atoms with Gasteiger partial charge >= 0.3 is 0 Å². The summed E-state index contributed by atoms with van der Waals surface area (Å²) >= 11 is 0. The molecule has 1 aromatic heterocycles. The van der Waals surface area contributed by atoms with Gasteiger partial charge < -0.3 is 14.2 Å². The predicted octanol–water partition coefficient (Wildman–Crippen LogP) is 3.11. The lowest BCUT2D eigenvalue weighted by Crippen LogP contribution is -2.37. The zero-order valence-electron chi connectivity index (χ0n) is 17.7. The Labute approximate surface area is 177 Å². The second-order valence-corrected chi connectivity index (χ2v) is 9.23. The summed E-state index contributed by atoms with van der Waals surface area (Å²) in [7, 11) is -2.15. The molecule has 0 bridgehead atoms. The van der Waals surface area contributed by atoms with Crippen molar-refractivity contribution >= 4 is 15.9 Å². The summed E-state index contributed by atoms with van der Waals surface area (Å²) in [6.45, 7) is 3.83. The van der Waals surface area contributed by atoms with Gasteiger partial charge in [-0.05, 0) is 44.4 Å². The van der Waals surface area contributed by atoms with Gasteiger partial charge in [-0.1, -0.05) is 30.1 Å². The second kappa shape index (κ2) is 9.61. The number of nitrogens with one attached hydrogen (secondary N) is 1. The molecule has 0 saturated carbocycles. The van der Waals surface area contributed by atoms with Gasteiger partial charge in [-0.2, -0.15) is 0 Å². The Kier molecular flexibility index (Phi) is 7.14. The fourth-order valence-corrected chi connectivity index (χ4v) is 5.30. The van der Waals surface area contributed by atoms with Crippen molar-refractivity contribution in [2.45, 2.75) is 56.9 Å². The summed E-state index contributed by atoms with van der Waals surface area (Å²) in [4.78, 5) is 14.9. The largest absolute Gasteiger partial charge is 0.497 e. The van der Waals surface area contributed by atoms with Crippen LogP contribution < -0.4 is 9.46 Å². The fourth-order valence-electron chi connectivity index (χ4n) is 3.95. The van der Waals surface area contributed by atoms with Crippen LogP contribution in [0.25, 0.3) is 0 Å². The van der Waals surface area contributed by atoms with Crippen LogP contribution >= 0.6 is 0 Å². The predicted molar refractivity (Wildman–Crippen MR) is 112 cm³/mol. The molecule has 1 aliphatic rings. The molecule has 2 heterocycles. The SMILES string of the molecule is COc1ccc(C2CCCCCN2C(=O)CCNS(=O)(=O)c2c(C)noc2C)cc1. The molecule has 0 radical (unpaired) electrons. The summed E-state index contributed by atoms with van der Waals surface area (Å²) in [6, 6.07) is 7.79. The molecule has 2 aromatic rings. The van der Waals surface area contributed by atoms with Crippen molar-refractivity contribution in [3.05, 3.63) is 41.3 Å². The topological polar surface area (TPSA) is 102 Å². The maximum absolute atomic E-state index is 13.0. The number of amides is 1. The van der Waals surface area contributed by atoms with Crippen LogP contribution in [0.1, 0.15) is 55.2 Å². The minimum absolute atomic E-state index is 0.00919. The maximum Gasteiger partial charge on any atom is 0.245 e. The van der Waals surface area contributed by atoms with Crippen molar-refractivity contribution in [1.82, 2.24) is 14.8 Å². The van der Waals surface area contributed by atoms with Crippen LogP contribution in [0.15, 0.2) is 33.7 Å². The van der Waals surface area contributed by atoms with E-state index in [-0.39, 0.29) is 35.6 Å². The van der Waals surface area contributed by atoms with E-state index in [1.807, 2.05) is 29.2 Å². The third-order valence-corrected chi connectivity index (χ3v) is 7.15. The smallest absolute Gasteiger partial charge is 0.245 e. The number of benzene rings is 1. The highest BCUT2D eigenvalue weighted by molar-refractivity contribution is 7.89. The first-order chi connectivity index (χ1) is 14.3. The van der Waals surface area contributed by atoms with Crippen molar-refractivity contribution in [2.75, 3.05) is 20.2 Å². The number of ether oxygens (including phenoxy) is 1. The summed E-state index contributed by atoms with van der Waals surface area (Å²) in [5.74, 6) is 0.955. The molecule has 164 valence electrons. The van der Waals surface area contributed by atoms with Crippen molar-refractivity contribution in [3.63, 3.8) is 0 Å². The molecule has 0 spiro atoms. The molecule has 1 unspecified atom stereocenters. The van der Waals surface area contributed by atoms with E-state index in [1.165, 1.54) is 0 Å². The van der Waals surface area contributed by atoms with Crippen molar-refractivity contribution in [3.8, 4) is 5.75 Å². The van der Waals surface area contributed by atoms with Gasteiger partial charge in [-0.15, -0.1) is 0 Å². The van der Waals surface area contributed by atoms with E-state index in [1.54, 1.807) is 21.0 Å². The molecule has 30 heavy (non-hydrogen) atoms. The Bertz CT molecular complexity index is 950. The minimum atomic E-state index is -3.78. The molecular weight excluding hydrogens is 406 g/mol. The number of carbonyl (C=O) groups excluding carboxylic acids is 1. The van der Waals surface area contributed by atoms with E-state index in [9.17, 15) is 13.2 Å². The molecule has 1 aromatic carbocycles. The molecule has 1 N–H and O–H groups in total. The number of carbonyl (C=O) groups is 1. The number of rotatable bonds is 7. The molecule has 0 aliphatic carbocycles. The van der Waals surface area contributed by atoms with E-state index in [0.717, 1.165) is 37.0 Å². The van der Waals surface area contributed by atoms with Gasteiger partial charge in [0.15, 0.2) is 5.76 Å². The van der Waals surface area contributed by atoms with Crippen molar-refractivity contribution < 1.29 is 22.5 Å². The van der Waals surface area contributed by atoms with Gasteiger partial charge in [-0.25, -0.2) is 13.1 Å².